The van der Waals surface area contributed by atoms with Crippen molar-refractivity contribution >= 4 is 17.2 Å². The predicted molar refractivity (Wildman–Crippen MR) is 111 cm³/mol. The molecule has 0 N–H and O–H groups in total. The Kier molecular flexibility index (Phi) is 6.18. The SMILES string of the molecule is CCOc1ccc(C(F)(F)F)cc1C(=O)N=c1sc(C(C)(C)C)c(C)n1CC1CC1. The first-order valence-corrected chi connectivity index (χ1v) is 10.9. The van der Waals surface area contributed by atoms with Crippen molar-refractivity contribution in [1.29, 1.82) is 0 Å². The van der Waals surface area contributed by atoms with Crippen LogP contribution in [-0.2, 0) is 18.1 Å². The van der Waals surface area contributed by atoms with Crippen LogP contribution in [0.2, 0.25) is 0 Å². The third kappa shape index (κ3) is 4.96. The molecule has 8 heteroatoms. The molecule has 3 rings (SSSR count). The number of aromatic nitrogens is 1. The summed E-state index contributed by atoms with van der Waals surface area (Å²) in [5, 5.41) is 0. The fraction of sp³-hybridized carbons (Fsp3) is 0.545. The lowest BCUT2D eigenvalue weighted by atomic mass is 9.93. The monoisotopic (exact) mass is 440 g/mol. The number of ether oxygens (including phenoxy) is 1. The molecule has 1 heterocycles. The standard InChI is InChI=1S/C22H27F3N2O2S/c1-6-29-17-10-9-15(22(23,24)25)11-16(17)19(28)26-20-27(12-14-7-8-14)13(2)18(30-20)21(3,4)5/h9-11,14H,6-8,12H2,1-5H3. The largest absolute Gasteiger partial charge is 0.493 e. The number of thiazole rings is 1. The highest BCUT2D eigenvalue weighted by molar-refractivity contribution is 7.09. The lowest BCUT2D eigenvalue weighted by Crippen LogP contribution is -2.20. The maximum atomic E-state index is 13.2. The molecule has 1 saturated carbocycles. The fourth-order valence-corrected chi connectivity index (χ4v) is 4.54. The Labute approximate surface area is 178 Å². The fourth-order valence-electron chi connectivity index (χ4n) is 3.34. The number of carbonyl (C=O) groups excluding carboxylic acids is 1. The van der Waals surface area contributed by atoms with Gasteiger partial charge in [0.2, 0.25) is 0 Å². The highest BCUT2D eigenvalue weighted by Gasteiger charge is 2.32. The summed E-state index contributed by atoms with van der Waals surface area (Å²) in [6.07, 6.45) is -2.27. The van der Waals surface area contributed by atoms with Crippen molar-refractivity contribution in [1.82, 2.24) is 4.57 Å². The van der Waals surface area contributed by atoms with Crippen LogP contribution in [-0.4, -0.2) is 17.1 Å². The van der Waals surface area contributed by atoms with Gasteiger partial charge in [-0.05, 0) is 56.2 Å². The van der Waals surface area contributed by atoms with Crippen LogP contribution in [0.4, 0.5) is 13.2 Å². The second kappa shape index (κ2) is 8.21. The number of nitrogens with zero attached hydrogens (tertiary/aromatic N) is 2. The van der Waals surface area contributed by atoms with E-state index in [1.54, 1.807) is 6.92 Å². The first kappa shape index (κ1) is 22.6. The molecular formula is C22H27F3N2O2S. The molecule has 1 aliphatic rings. The summed E-state index contributed by atoms with van der Waals surface area (Å²) in [4.78, 5) is 18.9. The Morgan fingerprint density at radius 1 is 1.27 bits per heavy atom. The van der Waals surface area contributed by atoms with E-state index in [2.05, 4.69) is 25.8 Å². The van der Waals surface area contributed by atoms with E-state index in [0.29, 0.717) is 10.7 Å². The zero-order valence-corrected chi connectivity index (χ0v) is 18.7. The van der Waals surface area contributed by atoms with Gasteiger partial charge in [0.25, 0.3) is 5.91 Å². The number of carbonyl (C=O) groups is 1. The minimum Gasteiger partial charge on any atom is -0.493 e. The molecule has 0 bridgehead atoms. The Morgan fingerprint density at radius 2 is 1.93 bits per heavy atom. The summed E-state index contributed by atoms with van der Waals surface area (Å²) in [6, 6.07) is 2.93. The molecule has 1 aromatic carbocycles. The maximum absolute atomic E-state index is 13.2. The minimum absolute atomic E-state index is 0.109. The van der Waals surface area contributed by atoms with E-state index < -0.39 is 17.6 Å². The van der Waals surface area contributed by atoms with E-state index >= 15 is 0 Å². The van der Waals surface area contributed by atoms with E-state index in [0.717, 1.165) is 42.1 Å². The molecule has 30 heavy (non-hydrogen) atoms. The number of rotatable bonds is 5. The van der Waals surface area contributed by atoms with E-state index in [1.165, 1.54) is 17.4 Å². The molecule has 164 valence electrons. The van der Waals surface area contributed by atoms with Crippen molar-refractivity contribution in [3.05, 3.63) is 44.7 Å². The van der Waals surface area contributed by atoms with Crippen LogP contribution >= 0.6 is 11.3 Å². The quantitative estimate of drug-likeness (QED) is 0.596. The number of hydrogen-bond donors (Lipinski definition) is 0. The molecule has 4 nitrogen and oxygen atoms in total. The van der Waals surface area contributed by atoms with E-state index in [9.17, 15) is 18.0 Å². The molecule has 1 aromatic heterocycles. The lowest BCUT2D eigenvalue weighted by Gasteiger charge is -2.17. The second-order valence-electron chi connectivity index (χ2n) is 8.66. The Morgan fingerprint density at radius 3 is 2.47 bits per heavy atom. The van der Waals surface area contributed by atoms with Crippen LogP contribution in [0.1, 0.15) is 67.0 Å². The molecule has 2 aromatic rings. The van der Waals surface area contributed by atoms with Gasteiger partial charge in [0, 0.05) is 17.1 Å². The molecule has 0 saturated heterocycles. The van der Waals surface area contributed by atoms with Gasteiger partial charge in [-0.1, -0.05) is 20.8 Å². The van der Waals surface area contributed by atoms with Crippen molar-refractivity contribution in [2.75, 3.05) is 6.61 Å². The molecule has 0 atom stereocenters. The topological polar surface area (TPSA) is 43.6 Å². The first-order valence-electron chi connectivity index (χ1n) is 10.1. The average Bonchev–Trinajstić information content (AvgIpc) is 3.40. The third-order valence-electron chi connectivity index (χ3n) is 5.01. The van der Waals surface area contributed by atoms with Crippen molar-refractivity contribution in [2.45, 2.75) is 65.6 Å². The predicted octanol–water partition coefficient (Wildman–Crippen LogP) is 5.72. The van der Waals surface area contributed by atoms with Crippen molar-refractivity contribution in [2.24, 2.45) is 10.9 Å². The highest BCUT2D eigenvalue weighted by atomic mass is 32.1. The van der Waals surface area contributed by atoms with Gasteiger partial charge in [0.1, 0.15) is 5.75 Å². The summed E-state index contributed by atoms with van der Waals surface area (Å²) < 4.78 is 47.0. The normalized spacial score (nSPS) is 15.5. The first-order chi connectivity index (χ1) is 13.9. The molecule has 1 aliphatic carbocycles. The second-order valence-corrected chi connectivity index (χ2v) is 9.64. The maximum Gasteiger partial charge on any atom is 0.416 e. The van der Waals surface area contributed by atoms with Gasteiger partial charge in [-0.2, -0.15) is 18.2 Å². The van der Waals surface area contributed by atoms with Crippen molar-refractivity contribution in [3.63, 3.8) is 0 Å². The van der Waals surface area contributed by atoms with Gasteiger partial charge in [-0.15, -0.1) is 11.3 Å². The van der Waals surface area contributed by atoms with Crippen molar-refractivity contribution in [3.8, 4) is 5.75 Å². The summed E-state index contributed by atoms with van der Waals surface area (Å²) in [5.41, 5.74) is -0.134. The van der Waals surface area contributed by atoms with Crippen LogP contribution in [0.3, 0.4) is 0 Å². The average molecular weight is 441 g/mol. The summed E-state index contributed by atoms with van der Waals surface area (Å²) >= 11 is 1.43. The molecule has 0 radical (unpaired) electrons. The molecule has 0 aliphatic heterocycles. The van der Waals surface area contributed by atoms with Gasteiger partial charge >= 0.3 is 6.18 Å². The smallest absolute Gasteiger partial charge is 0.416 e. The van der Waals surface area contributed by atoms with E-state index in [4.69, 9.17) is 4.74 Å². The van der Waals surface area contributed by atoms with Gasteiger partial charge in [-0.25, -0.2) is 0 Å². The van der Waals surface area contributed by atoms with Gasteiger partial charge < -0.3 is 9.30 Å². The number of hydrogen-bond acceptors (Lipinski definition) is 3. The van der Waals surface area contributed by atoms with Crippen LogP contribution in [0.25, 0.3) is 0 Å². The highest BCUT2D eigenvalue weighted by Crippen LogP contribution is 2.35. The minimum atomic E-state index is -4.55. The number of amides is 1. The molecule has 1 fully saturated rings. The molecular weight excluding hydrogens is 413 g/mol. The Hall–Kier alpha value is -2.09. The zero-order valence-electron chi connectivity index (χ0n) is 17.9. The van der Waals surface area contributed by atoms with Gasteiger partial charge in [-0.3, -0.25) is 4.79 Å². The zero-order chi connectivity index (χ0) is 22.3. The number of alkyl halides is 3. The van der Waals surface area contributed by atoms with Gasteiger partial charge in [0.05, 0.1) is 17.7 Å². The van der Waals surface area contributed by atoms with E-state index in [1.807, 2.05) is 11.5 Å². The van der Waals surface area contributed by atoms with Crippen molar-refractivity contribution < 1.29 is 22.7 Å². The molecule has 0 unspecified atom stereocenters. The van der Waals surface area contributed by atoms with Crippen LogP contribution < -0.4 is 9.54 Å². The summed E-state index contributed by atoms with van der Waals surface area (Å²) in [6.45, 7) is 11.0. The summed E-state index contributed by atoms with van der Waals surface area (Å²) in [7, 11) is 0. The third-order valence-corrected chi connectivity index (χ3v) is 6.62. The van der Waals surface area contributed by atoms with E-state index in [-0.39, 0.29) is 23.3 Å². The van der Waals surface area contributed by atoms with Gasteiger partial charge in [0.15, 0.2) is 4.80 Å². The van der Waals surface area contributed by atoms with Crippen LogP contribution in [0, 0.1) is 12.8 Å². The Bertz CT molecular complexity index is 1010. The van der Waals surface area contributed by atoms with Crippen LogP contribution in [0.5, 0.6) is 5.75 Å². The molecule has 1 amide bonds. The van der Waals surface area contributed by atoms with Crippen LogP contribution in [0.15, 0.2) is 23.2 Å². The lowest BCUT2D eigenvalue weighted by molar-refractivity contribution is -0.137. The Balaban J connectivity index is 2.12. The molecule has 0 spiro atoms. The number of halogens is 3. The number of benzene rings is 1. The summed E-state index contributed by atoms with van der Waals surface area (Å²) in [5.74, 6) is -0.0548.